The Hall–Kier alpha value is -2.04. The van der Waals surface area contributed by atoms with Gasteiger partial charge >= 0.3 is 0 Å². The van der Waals surface area contributed by atoms with Crippen LogP contribution in [-0.2, 0) is 0 Å². The molecule has 0 saturated carbocycles. The van der Waals surface area contributed by atoms with Gasteiger partial charge in [-0.05, 0) is 30.3 Å². The topological polar surface area (TPSA) is 17.1 Å². The zero-order valence-corrected chi connectivity index (χ0v) is 11.4. The molecule has 2 aromatic rings. The standard InChI is InChI=1S/C17H13ClO/c1-2-17(19)16-6-4-3-5-14(16)10-7-13-8-11-15(18)12-9-13/h3-6,8-9,11-12H,2H2,1H3. The van der Waals surface area contributed by atoms with Gasteiger partial charge in [-0.25, -0.2) is 0 Å². The largest absolute Gasteiger partial charge is 0.294 e. The fourth-order valence-corrected chi connectivity index (χ4v) is 1.82. The van der Waals surface area contributed by atoms with Crippen LogP contribution in [0, 0.1) is 11.8 Å². The number of hydrogen-bond donors (Lipinski definition) is 0. The van der Waals surface area contributed by atoms with Crippen LogP contribution >= 0.6 is 11.6 Å². The van der Waals surface area contributed by atoms with E-state index in [9.17, 15) is 4.79 Å². The van der Waals surface area contributed by atoms with E-state index in [4.69, 9.17) is 11.6 Å². The SMILES string of the molecule is CCC(=O)c1ccccc1C#Cc1ccc(Cl)cc1. The molecule has 0 N–H and O–H groups in total. The molecule has 0 aliphatic carbocycles. The molecule has 0 radical (unpaired) electrons. The second-order valence-corrected chi connectivity index (χ2v) is 4.52. The number of benzene rings is 2. The maximum atomic E-state index is 11.8. The predicted octanol–water partition coefficient (Wildman–Crippen LogP) is 4.33. The molecule has 0 amide bonds. The molecular formula is C17H13ClO. The molecule has 0 heterocycles. The third-order valence-corrected chi connectivity index (χ3v) is 2.99. The van der Waals surface area contributed by atoms with Crippen LogP contribution in [0.15, 0.2) is 48.5 Å². The summed E-state index contributed by atoms with van der Waals surface area (Å²) in [5, 5.41) is 0.687. The van der Waals surface area contributed by atoms with Crippen molar-refractivity contribution in [2.75, 3.05) is 0 Å². The summed E-state index contributed by atoms with van der Waals surface area (Å²) in [6.07, 6.45) is 0.486. The van der Waals surface area contributed by atoms with Gasteiger partial charge in [-0.1, -0.05) is 48.6 Å². The fraction of sp³-hybridized carbons (Fsp3) is 0.118. The van der Waals surface area contributed by atoms with Crippen LogP contribution in [0.1, 0.15) is 34.8 Å². The van der Waals surface area contributed by atoms with E-state index >= 15 is 0 Å². The minimum absolute atomic E-state index is 0.112. The number of hydrogen-bond acceptors (Lipinski definition) is 1. The Morgan fingerprint density at radius 2 is 1.74 bits per heavy atom. The molecule has 0 aliphatic heterocycles. The van der Waals surface area contributed by atoms with E-state index in [-0.39, 0.29) is 5.78 Å². The van der Waals surface area contributed by atoms with E-state index in [1.54, 1.807) is 12.1 Å². The van der Waals surface area contributed by atoms with Gasteiger partial charge in [-0.2, -0.15) is 0 Å². The van der Waals surface area contributed by atoms with Gasteiger partial charge in [-0.15, -0.1) is 0 Å². The van der Waals surface area contributed by atoms with Crippen molar-refractivity contribution in [3.63, 3.8) is 0 Å². The van der Waals surface area contributed by atoms with Gasteiger partial charge < -0.3 is 0 Å². The number of carbonyl (C=O) groups excluding carboxylic acids is 1. The van der Waals surface area contributed by atoms with Gasteiger partial charge in [-0.3, -0.25) is 4.79 Å². The summed E-state index contributed by atoms with van der Waals surface area (Å²) in [5.41, 5.74) is 2.33. The normalized spacial score (nSPS) is 9.58. The van der Waals surface area contributed by atoms with Gasteiger partial charge in [0.15, 0.2) is 5.78 Å². The molecule has 2 aromatic carbocycles. The summed E-state index contributed by atoms with van der Waals surface area (Å²) in [6, 6.07) is 14.8. The van der Waals surface area contributed by atoms with E-state index in [0.717, 1.165) is 11.1 Å². The first-order valence-electron chi connectivity index (χ1n) is 6.10. The van der Waals surface area contributed by atoms with Gasteiger partial charge in [0.25, 0.3) is 0 Å². The van der Waals surface area contributed by atoms with Crippen molar-refractivity contribution in [3.05, 3.63) is 70.2 Å². The first kappa shape index (κ1) is 13.4. The summed E-state index contributed by atoms with van der Waals surface area (Å²) in [4.78, 5) is 11.8. The molecule has 19 heavy (non-hydrogen) atoms. The second-order valence-electron chi connectivity index (χ2n) is 4.08. The van der Waals surface area contributed by atoms with Gasteiger partial charge in [0, 0.05) is 28.1 Å². The van der Waals surface area contributed by atoms with Gasteiger partial charge in [0.2, 0.25) is 0 Å². The van der Waals surface area contributed by atoms with Crippen molar-refractivity contribution in [2.45, 2.75) is 13.3 Å². The van der Waals surface area contributed by atoms with Crippen LogP contribution in [0.2, 0.25) is 5.02 Å². The molecule has 0 spiro atoms. The second kappa shape index (κ2) is 6.22. The third-order valence-electron chi connectivity index (χ3n) is 2.73. The minimum atomic E-state index is 0.112. The van der Waals surface area contributed by atoms with E-state index < -0.39 is 0 Å². The van der Waals surface area contributed by atoms with Crippen LogP contribution in [0.3, 0.4) is 0 Å². The Morgan fingerprint density at radius 3 is 2.42 bits per heavy atom. The average Bonchev–Trinajstić information content (AvgIpc) is 2.46. The highest BCUT2D eigenvalue weighted by Crippen LogP contribution is 2.11. The summed E-state index contributed by atoms with van der Waals surface area (Å²) >= 11 is 5.82. The number of rotatable bonds is 2. The fourth-order valence-electron chi connectivity index (χ4n) is 1.70. The Bertz CT molecular complexity index is 645. The van der Waals surface area contributed by atoms with E-state index in [0.29, 0.717) is 17.0 Å². The van der Waals surface area contributed by atoms with Crippen molar-refractivity contribution >= 4 is 17.4 Å². The van der Waals surface area contributed by atoms with E-state index in [2.05, 4.69) is 11.8 Å². The Kier molecular flexibility index (Phi) is 4.39. The van der Waals surface area contributed by atoms with Crippen LogP contribution in [0.25, 0.3) is 0 Å². The highest BCUT2D eigenvalue weighted by Gasteiger charge is 2.06. The van der Waals surface area contributed by atoms with Crippen molar-refractivity contribution in [2.24, 2.45) is 0 Å². The van der Waals surface area contributed by atoms with E-state index in [1.807, 2.05) is 43.3 Å². The number of halogens is 1. The van der Waals surface area contributed by atoms with Crippen molar-refractivity contribution in [1.82, 2.24) is 0 Å². The molecule has 2 heteroatoms. The van der Waals surface area contributed by atoms with Crippen LogP contribution < -0.4 is 0 Å². The maximum Gasteiger partial charge on any atom is 0.163 e. The van der Waals surface area contributed by atoms with E-state index in [1.165, 1.54) is 0 Å². The molecule has 0 unspecified atom stereocenters. The predicted molar refractivity (Wildman–Crippen MR) is 78.5 cm³/mol. The molecule has 0 fully saturated rings. The highest BCUT2D eigenvalue weighted by molar-refractivity contribution is 6.30. The first-order valence-corrected chi connectivity index (χ1v) is 6.48. The highest BCUT2D eigenvalue weighted by atomic mass is 35.5. The van der Waals surface area contributed by atoms with Crippen LogP contribution in [0.5, 0.6) is 0 Å². The number of Topliss-reactive ketones (excluding diaryl/α,β-unsaturated/α-hetero) is 1. The molecule has 0 bridgehead atoms. The Balaban J connectivity index is 2.34. The lowest BCUT2D eigenvalue weighted by Crippen LogP contribution is -1.99. The Morgan fingerprint density at radius 1 is 1.05 bits per heavy atom. The van der Waals surface area contributed by atoms with Gasteiger partial charge in [0.1, 0.15) is 0 Å². The lowest BCUT2D eigenvalue weighted by atomic mass is 10.0. The smallest absolute Gasteiger partial charge is 0.163 e. The molecule has 2 rings (SSSR count). The molecular weight excluding hydrogens is 256 g/mol. The molecule has 0 aromatic heterocycles. The quantitative estimate of drug-likeness (QED) is 0.585. The molecule has 0 atom stereocenters. The molecule has 94 valence electrons. The number of carbonyl (C=O) groups is 1. The zero-order valence-electron chi connectivity index (χ0n) is 10.6. The molecule has 1 nitrogen and oxygen atoms in total. The monoisotopic (exact) mass is 268 g/mol. The number of ketones is 1. The van der Waals surface area contributed by atoms with Crippen LogP contribution in [0.4, 0.5) is 0 Å². The third kappa shape index (κ3) is 3.47. The first-order chi connectivity index (χ1) is 9.20. The molecule has 0 aliphatic rings. The summed E-state index contributed by atoms with van der Waals surface area (Å²) in [6.45, 7) is 1.85. The lowest BCUT2D eigenvalue weighted by Gasteiger charge is -2.00. The van der Waals surface area contributed by atoms with Crippen LogP contribution in [-0.4, -0.2) is 5.78 Å². The Labute approximate surface area is 118 Å². The minimum Gasteiger partial charge on any atom is -0.294 e. The molecule has 0 saturated heterocycles. The summed E-state index contributed by atoms with van der Waals surface area (Å²) in [5.74, 6) is 6.21. The summed E-state index contributed by atoms with van der Waals surface area (Å²) in [7, 11) is 0. The summed E-state index contributed by atoms with van der Waals surface area (Å²) < 4.78 is 0. The average molecular weight is 269 g/mol. The zero-order chi connectivity index (χ0) is 13.7. The van der Waals surface area contributed by atoms with Crippen molar-refractivity contribution in [1.29, 1.82) is 0 Å². The van der Waals surface area contributed by atoms with Gasteiger partial charge in [0.05, 0.1) is 0 Å². The van der Waals surface area contributed by atoms with Crippen molar-refractivity contribution < 1.29 is 4.79 Å². The lowest BCUT2D eigenvalue weighted by molar-refractivity contribution is 0.0988. The van der Waals surface area contributed by atoms with Crippen molar-refractivity contribution in [3.8, 4) is 11.8 Å². The maximum absolute atomic E-state index is 11.8.